The van der Waals surface area contributed by atoms with Gasteiger partial charge < -0.3 is 9.63 Å². The fourth-order valence-corrected chi connectivity index (χ4v) is 2.75. The minimum atomic E-state index is -0.561. The minimum absolute atomic E-state index is 0.293. The van der Waals surface area contributed by atoms with E-state index in [4.69, 9.17) is 4.52 Å². The average molecular weight is 291 g/mol. The van der Waals surface area contributed by atoms with Crippen molar-refractivity contribution in [1.82, 2.24) is 15.0 Å². The van der Waals surface area contributed by atoms with Crippen LogP contribution in [0.25, 0.3) is 11.4 Å². The molecule has 0 radical (unpaired) electrons. The highest BCUT2D eigenvalue weighted by Crippen LogP contribution is 2.27. The lowest BCUT2D eigenvalue weighted by atomic mass is 9.89. The Labute approximate surface area is 122 Å². The van der Waals surface area contributed by atoms with E-state index >= 15 is 0 Å². The van der Waals surface area contributed by atoms with Crippen LogP contribution in [0.5, 0.6) is 0 Å². The van der Waals surface area contributed by atoms with Gasteiger partial charge in [-0.05, 0) is 30.7 Å². The van der Waals surface area contributed by atoms with E-state index < -0.39 is 5.60 Å². The van der Waals surface area contributed by atoms with Gasteiger partial charge in [-0.25, -0.2) is 4.39 Å². The molecule has 21 heavy (non-hydrogen) atoms. The van der Waals surface area contributed by atoms with Crippen LogP contribution in [0, 0.1) is 5.82 Å². The average Bonchev–Trinajstić information content (AvgIpc) is 2.87. The molecule has 0 spiro atoms. The molecule has 1 saturated heterocycles. The third kappa shape index (κ3) is 3.11. The SMILES string of the molecule is CCCC1(O)CN(Cc2nc(-c3ccc(F)cc3)no2)C1. The summed E-state index contributed by atoms with van der Waals surface area (Å²) in [6, 6.07) is 5.97. The number of rotatable bonds is 5. The second kappa shape index (κ2) is 5.54. The normalized spacial score (nSPS) is 17.7. The zero-order valence-corrected chi connectivity index (χ0v) is 11.9. The maximum atomic E-state index is 12.9. The summed E-state index contributed by atoms with van der Waals surface area (Å²) in [5, 5.41) is 14.0. The Morgan fingerprint density at radius 3 is 2.71 bits per heavy atom. The molecule has 0 saturated carbocycles. The lowest BCUT2D eigenvalue weighted by molar-refractivity contribution is -0.109. The first-order chi connectivity index (χ1) is 10.1. The molecule has 1 aliphatic heterocycles. The van der Waals surface area contributed by atoms with Crippen LogP contribution in [0.15, 0.2) is 28.8 Å². The van der Waals surface area contributed by atoms with Crippen molar-refractivity contribution in [3.05, 3.63) is 36.0 Å². The van der Waals surface area contributed by atoms with Gasteiger partial charge in [0.25, 0.3) is 0 Å². The van der Waals surface area contributed by atoms with Crippen molar-refractivity contribution in [3.8, 4) is 11.4 Å². The summed E-state index contributed by atoms with van der Waals surface area (Å²) < 4.78 is 18.1. The Kier molecular flexibility index (Phi) is 3.73. The number of benzene rings is 1. The van der Waals surface area contributed by atoms with E-state index in [-0.39, 0.29) is 5.82 Å². The highest BCUT2D eigenvalue weighted by Gasteiger charge is 2.40. The number of aliphatic hydroxyl groups is 1. The Balaban J connectivity index is 1.60. The molecule has 1 N–H and O–H groups in total. The number of β-amino-alcohol motifs (C(OH)–C–C–N with tert-alkyl or cyclic N) is 1. The standard InChI is InChI=1S/C15H18FN3O2/c1-2-7-15(20)9-19(10-15)8-13-17-14(18-21-13)11-3-5-12(16)6-4-11/h3-6,20H,2,7-10H2,1H3. The van der Waals surface area contributed by atoms with Gasteiger partial charge in [0.05, 0.1) is 12.1 Å². The Morgan fingerprint density at radius 1 is 1.33 bits per heavy atom. The summed E-state index contributed by atoms with van der Waals surface area (Å²) >= 11 is 0. The Morgan fingerprint density at radius 2 is 2.05 bits per heavy atom. The fourth-order valence-electron chi connectivity index (χ4n) is 2.75. The van der Waals surface area contributed by atoms with E-state index in [2.05, 4.69) is 22.0 Å². The first-order valence-corrected chi connectivity index (χ1v) is 7.11. The Bertz CT molecular complexity index is 606. The van der Waals surface area contributed by atoms with Gasteiger partial charge in [-0.2, -0.15) is 4.98 Å². The van der Waals surface area contributed by atoms with E-state index in [0.29, 0.717) is 31.3 Å². The third-order valence-corrected chi connectivity index (χ3v) is 3.68. The van der Waals surface area contributed by atoms with Gasteiger partial charge >= 0.3 is 0 Å². The zero-order valence-electron chi connectivity index (χ0n) is 11.9. The van der Waals surface area contributed by atoms with Crippen LogP contribution in [0.4, 0.5) is 4.39 Å². The molecule has 1 aromatic carbocycles. The molecule has 3 rings (SSSR count). The molecular weight excluding hydrogens is 273 g/mol. The van der Waals surface area contributed by atoms with Crippen molar-refractivity contribution in [2.24, 2.45) is 0 Å². The monoisotopic (exact) mass is 291 g/mol. The molecule has 5 nitrogen and oxygen atoms in total. The van der Waals surface area contributed by atoms with E-state index in [1.54, 1.807) is 12.1 Å². The number of likely N-dealkylation sites (tertiary alicyclic amines) is 1. The zero-order chi connectivity index (χ0) is 14.9. The van der Waals surface area contributed by atoms with Gasteiger partial charge in [0.2, 0.25) is 11.7 Å². The number of hydrogen-bond acceptors (Lipinski definition) is 5. The van der Waals surface area contributed by atoms with E-state index in [9.17, 15) is 9.50 Å². The maximum absolute atomic E-state index is 12.9. The molecule has 0 unspecified atom stereocenters. The quantitative estimate of drug-likeness (QED) is 0.915. The molecule has 0 amide bonds. The van der Waals surface area contributed by atoms with Crippen molar-refractivity contribution in [2.45, 2.75) is 31.9 Å². The van der Waals surface area contributed by atoms with Crippen molar-refractivity contribution < 1.29 is 14.0 Å². The molecule has 2 aromatic rings. The Hall–Kier alpha value is -1.79. The minimum Gasteiger partial charge on any atom is -0.387 e. The fraction of sp³-hybridized carbons (Fsp3) is 0.467. The molecule has 2 heterocycles. The van der Waals surface area contributed by atoms with E-state index in [0.717, 1.165) is 18.4 Å². The largest absolute Gasteiger partial charge is 0.387 e. The summed E-state index contributed by atoms with van der Waals surface area (Å²) in [7, 11) is 0. The number of halogens is 1. The van der Waals surface area contributed by atoms with Gasteiger partial charge in [0.1, 0.15) is 5.82 Å². The predicted molar refractivity (Wildman–Crippen MR) is 74.8 cm³/mol. The highest BCUT2D eigenvalue weighted by molar-refractivity contribution is 5.53. The lowest BCUT2D eigenvalue weighted by Crippen LogP contribution is -2.60. The maximum Gasteiger partial charge on any atom is 0.241 e. The summed E-state index contributed by atoms with van der Waals surface area (Å²) in [4.78, 5) is 6.37. The molecule has 1 aliphatic rings. The van der Waals surface area contributed by atoms with Crippen molar-refractivity contribution in [2.75, 3.05) is 13.1 Å². The van der Waals surface area contributed by atoms with Gasteiger partial charge in [0.15, 0.2) is 0 Å². The van der Waals surface area contributed by atoms with Crippen LogP contribution >= 0.6 is 0 Å². The first kappa shape index (κ1) is 14.2. The van der Waals surface area contributed by atoms with Gasteiger partial charge in [-0.3, -0.25) is 4.90 Å². The van der Waals surface area contributed by atoms with Gasteiger partial charge in [-0.1, -0.05) is 18.5 Å². The van der Waals surface area contributed by atoms with E-state index in [1.807, 2.05) is 0 Å². The van der Waals surface area contributed by atoms with Crippen LogP contribution in [0.1, 0.15) is 25.7 Å². The summed E-state index contributed by atoms with van der Waals surface area (Å²) in [5.74, 6) is 0.667. The van der Waals surface area contributed by atoms with Crippen molar-refractivity contribution >= 4 is 0 Å². The molecule has 1 aromatic heterocycles. The first-order valence-electron chi connectivity index (χ1n) is 7.11. The van der Waals surface area contributed by atoms with E-state index in [1.165, 1.54) is 12.1 Å². The third-order valence-electron chi connectivity index (χ3n) is 3.68. The van der Waals surface area contributed by atoms with Crippen LogP contribution < -0.4 is 0 Å². The number of aromatic nitrogens is 2. The molecule has 0 aliphatic carbocycles. The molecule has 112 valence electrons. The smallest absolute Gasteiger partial charge is 0.241 e. The summed E-state index contributed by atoms with van der Waals surface area (Å²) in [6.45, 7) is 3.86. The molecule has 1 fully saturated rings. The summed E-state index contributed by atoms with van der Waals surface area (Å²) in [5.41, 5.74) is 0.159. The van der Waals surface area contributed by atoms with Crippen LogP contribution in [0.2, 0.25) is 0 Å². The predicted octanol–water partition coefficient (Wildman–Crippen LogP) is 2.22. The molecule has 6 heteroatoms. The second-order valence-corrected chi connectivity index (χ2v) is 5.64. The lowest BCUT2D eigenvalue weighted by Gasteiger charge is -2.46. The number of hydrogen-bond donors (Lipinski definition) is 1. The summed E-state index contributed by atoms with van der Waals surface area (Å²) in [6.07, 6.45) is 1.79. The van der Waals surface area contributed by atoms with Gasteiger partial charge in [-0.15, -0.1) is 0 Å². The topological polar surface area (TPSA) is 62.4 Å². The second-order valence-electron chi connectivity index (χ2n) is 5.64. The number of nitrogens with zero attached hydrogens (tertiary/aromatic N) is 3. The van der Waals surface area contributed by atoms with Crippen LogP contribution in [0.3, 0.4) is 0 Å². The van der Waals surface area contributed by atoms with Crippen LogP contribution in [-0.2, 0) is 6.54 Å². The molecule has 0 atom stereocenters. The van der Waals surface area contributed by atoms with Crippen LogP contribution in [-0.4, -0.2) is 38.8 Å². The van der Waals surface area contributed by atoms with Crippen molar-refractivity contribution in [3.63, 3.8) is 0 Å². The van der Waals surface area contributed by atoms with Gasteiger partial charge in [0, 0.05) is 18.7 Å². The van der Waals surface area contributed by atoms with Crippen molar-refractivity contribution in [1.29, 1.82) is 0 Å². The highest BCUT2D eigenvalue weighted by atomic mass is 19.1. The molecule has 0 bridgehead atoms. The molecular formula is C15H18FN3O2.